The molecule has 2 nitrogen and oxygen atoms in total. The topological polar surface area (TPSA) is 15.3 Å². The molecule has 1 atom stereocenters. The van der Waals surface area contributed by atoms with E-state index in [1.54, 1.807) is 0 Å². The van der Waals surface area contributed by atoms with Crippen LogP contribution in [0.25, 0.3) is 0 Å². The van der Waals surface area contributed by atoms with Crippen LogP contribution in [0.5, 0.6) is 0 Å². The van der Waals surface area contributed by atoms with Crippen LogP contribution in [0.3, 0.4) is 0 Å². The minimum Gasteiger partial charge on any atom is -0.378 e. The largest absolute Gasteiger partial charge is 0.378 e. The summed E-state index contributed by atoms with van der Waals surface area (Å²) in [6, 6.07) is 8.72. The second-order valence-corrected chi connectivity index (χ2v) is 4.45. The summed E-state index contributed by atoms with van der Waals surface area (Å²) in [5.74, 6) is 2.78. The van der Waals surface area contributed by atoms with Gasteiger partial charge in [0.25, 0.3) is 0 Å². The second-order valence-electron chi connectivity index (χ2n) is 4.45. The van der Waals surface area contributed by atoms with E-state index in [4.69, 9.17) is 6.42 Å². The van der Waals surface area contributed by atoms with Crippen molar-refractivity contribution in [2.24, 2.45) is 0 Å². The molecule has 1 aromatic rings. The van der Waals surface area contributed by atoms with Crippen molar-refractivity contribution in [1.82, 2.24) is 5.32 Å². The maximum atomic E-state index is 5.47. The fourth-order valence-corrected chi connectivity index (χ4v) is 1.69. The first-order valence-electron chi connectivity index (χ1n) is 6.13. The average molecular weight is 230 g/mol. The Kier molecular flexibility index (Phi) is 5.59. The van der Waals surface area contributed by atoms with Crippen LogP contribution < -0.4 is 10.2 Å². The molecule has 1 rings (SSSR count). The van der Waals surface area contributed by atoms with Gasteiger partial charge in [-0.2, -0.15) is 0 Å². The molecule has 92 valence electrons. The van der Waals surface area contributed by atoms with Crippen molar-refractivity contribution in [3.63, 3.8) is 0 Å². The molecular formula is C15H22N2. The summed E-state index contributed by atoms with van der Waals surface area (Å²) in [6.45, 7) is 2.99. The van der Waals surface area contributed by atoms with Crippen molar-refractivity contribution in [3.05, 3.63) is 29.8 Å². The van der Waals surface area contributed by atoms with E-state index in [0.29, 0.717) is 0 Å². The Bertz CT molecular complexity index is 360. The Labute approximate surface area is 105 Å². The molecule has 0 spiro atoms. The van der Waals surface area contributed by atoms with Gasteiger partial charge in [0.05, 0.1) is 6.04 Å². The first-order valence-corrected chi connectivity index (χ1v) is 6.13. The molecule has 17 heavy (non-hydrogen) atoms. The van der Waals surface area contributed by atoms with E-state index >= 15 is 0 Å². The third kappa shape index (κ3) is 4.50. The summed E-state index contributed by atoms with van der Waals surface area (Å²) in [5, 5.41) is 3.39. The summed E-state index contributed by atoms with van der Waals surface area (Å²) in [5.41, 5.74) is 2.49. The molecule has 2 heteroatoms. The van der Waals surface area contributed by atoms with Crippen LogP contribution in [0, 0.1) is 12.3 Å². The fraction of sp³-hybridized carbons (Fsp3) is 0.467. The van der Waals surface area contributed by atoms with Crippen molar-refractivity contribution >= 4 is 5.69 Å². The van der Waals surface area contributed by atoms with E-state index in [1.807, 2.05) is 14.1 Å². The van der Waals surface area contributed by atoms with Gasteiger partial charge in [-0.05, 0) is 24.1 Å². The molecule has 0 fully saturated rings. The smallest absolute Gasteiger partial charge is 0.0689 e. The Balaban J connectivity index is 2.49. The predicted molar refractivity (Wildman–Crippen MR) is 75.1 cm³/mol. The zero-order valence-electron chi connectivity index (χ0n) is 11.0. The summed E-state index contributed by atoms with van der Waals surface area (Å²) in [7, 11) is 4.09. The number of anilines is 1. The lowest BCUT2D eigenvalue weighted by Crippen LogP contribution is -2.26. The van der Waals surface area contributed by atoms with E-state index in [2.05, 4.69) is 47.3 Å². The number of nitrogens with one attached hydrogen (secondary N) is 1. The Morgan fingerprint density at radius 2 is 1.94 bits per heavy atom. The third-order valence-corrected chi connectivity index (χ3v) is 2.78. The minimum atomic E-state index is 0.188. The first kappa shape index (κ1) is 13.6. The van der Waals surface area contributed by atoms with Crippen LogP contribution in [0.1, 0.15) is 25.3 Å². The van der Waals surface area contributed by atoms with Gasteiger partial charge in [0.15, 0.2) is 0 Å². The molecule has 0 aromatic heterocycles. The lowest BCUT2D eigenvalue weighted by Gasteiger charge is -2.14. The molecule has 1 N–H and O–H groups in total. The monoisotopic (exact) mass is 230 g/mol. The molecule has 0 radical (unpaired) electrons. The van der Waals surface area contributed by atoms with E-state index in [1.165, 1.54) is 11.3 Å². The number of terminal acetylenes is 1. The van der Waals surface area contributed by atoms with Gasteiger partial charge in [-0.15, -0.1) is 6.42 Å². The molecular weight excluding hydrogens is 208 g/mol. The van der Waals surface area contributed by atoms with Gasteiger partial charge in [0, 0.05) is 26.3 Å². The normalized spacial score (nSPS) is 11.9. The van der Waals surface area contributed by atoms with Gasteiger partial charge in [-0.3, -0.25) is 5.32 Å². The molecule has 0 heterocycles. The Morgan fingerprint density at radius 3 is 2.41 bits per heavy atom. The van der Waals surface area contributed by atoms with Gasteiger partial charge in [0.2, 0.25) is 0 Å². The molecule has 0 aliphatic carbocycles. The number of hydrogen-bond acceptors (Lipinski definition) is 2. The lowest BCUT2D eigenvalue weighted by molar-refractivity contribution is 0.563. The molecule has 1 aromatic carbocycles. The SMILES string of the molecule is C#CC(CCC)NCc1ccc(N(C)C)cc1. The van der Waals surface area contributed by atoms with Gasteiger partial charge in [-0.25, -0.2) is 0 Å². The maximum Gasteiger partial charge on any atom is 0.0689 e. The summed E-state index contributed by atoms with van der Waals surface area (Å²) in [6.07, 6.45) is 7.61. The average Bonchev–Trinajstić information content (AvgIpc) is 2.35. The number of rotatable bonds is 6. The van der Waals surface area contributed by atoms with Crippen molar-refractivity contribution < 1.29 is 0 Å². The number of nitrogens with zero attached hydrogens (tertiary/aromatic N) is 1. The van der Waals surface area contributed by atoms with Crippen LogP contribution in [0.4, 0.5) is 5.69 Å². The highest BCUT2D eigenvalue weighted by atomic mass is 15.1. The van der Waals surface area contributed by atoms with E-state index in [-0.39, 0.29) is 6.04 Å². The third-order valence-electron chi connectivity index (χ3n) is 2.78. The molecule has 0 saturated heterocycles. The Morgan fingerprint density at radius 1 is 1.29 bits per heavy atom. The molecule has 0 aliphatic rings. The summed E-state index contributed by atoms with van der Waals surface area (Å²) in [4.78, 5) is 2.10. The van der Waals surface area contributed by atoms with Crippen molar-refractivity contribution in [2.75, 3.05) is 19.0 Å². The first-order chi connectivity index (χ1) is 8.17. The van der Waals surface area contributed by atoms with Gasteiger partial charge >= 0.3 is 0 Å². The highest BCUT2D eigenvalue weighted by molar-refractivity contribution is 5.45. The molecule has 0 saturated carbocycles. The van der Waals surface area contributed by atoms with Crippen molar-refractivity contribution in [2.45, 2.75) is 32.4 Å². The second kappa shape index (κ2) is 6.98. The van der Waals surface area contributed by atoms with Gasteiger partial charge in [-0.1, -0.05) is 31.4 Å². The van der Waals surface area contributed by atoms with E-state index < -0.39 is 0 Å². The zero-order chi connectivity index (χ0) is 12.7. The molecule has 0 amide bonds. The van der Waals surface area contributed by atoms with Crippen LogP contribution in [-0.4, -0.2) is 20.1 Å². The molecule has 0 aliphatic heterocycles. The number of hydrogen-bond donors (Lipinski definition) is 1. The highest BCUT2D eigenvalue weighted by Gasteiger charge is 2.02. The van der Waals surface area contributed by atoms with E-state index in [0.717, 1.165) is 19.4 Å². The van der Waals surface area contributed by atoms with Crippen molar-refractivity contribution in [1.29, 1.82) is 0 Å². The van der Waals surface area contributed by atoms with Crippen molar-refractivity contribution in [3.8, 4) is 12.3 Å². The number of benzene rings is 1. The highest BCUT2D eigenvalue weighted by Crippen LogP contribution is 2.12. The van der Waals surface area contributed by atoms with Crippen LogP contribution in [0.15, 0.2) is 24.3 Å². The minimum absolute atomic E-state index is 0.188. The predicted octanol–water partition coefficient (Wildman–Crippen LogP) is 2.64. The van der Waals surface area contributed by atoms with Crippen LogP contribution in [0.2, 0.25) is 0 Å². The van der Waals surface area contributed by atoms with Crippen LogP contribution >= 0.6 is 0 Å². The van der Waals surface area contributed by atoms with Gasteiger partial charge < -0.3 is 4.90 Å². The quantitative estimate of drug-likeness (QED) is 0.756. The van der Waals surface area contributed by atoms with Crippen LogP contribution in [-0.2, 0) is 6.54 Å². The summed E-state index contributed by atoms with van der Waals surface area (Å²) >= 11 is 0. The lowest BCUT2D eigenvalue weighted by atomic mass is 10.1. The Hall–Kier alpha value is -1.46. The molecule has 1 unspecified atom stereocenters. The fourth-order valence-electron chi connectivity index (χ4n) is 1.69. The van der Waals surface area contributed by atoms with Gasteiger partial charge in [0.1, 0.15) is 0 Å². The summed E-state index contributed by atoms with van der Waals surface area (Å²) < 4.78 is 0. The van der Waals surface area contributed by atoms with E-state index in [9.17, 15) is 0 Å². The standard InChI is InChI=1S/C15H22N2/c1-5-7-14(6-2)16-12-13-8-10-15(11-9-13)17(3)4/h2,8-11,14,16H,5,7,12H2,1,3-4H3. The molecule has 0 bridgehead atoms. The zero-order valence-corrected chi connectivity index (χ0v) is 11.0. The maximum absolute atomic E-state index is 5.47.